The summed E-state index contributed by atoms with van der Waals surface area (Å²) in [5, 5.41) is 28.9. The summed E-state index contributed by atoms with van der Waals surface area (Å²) >= 11 is 1.32. The van der Waals surface area contributed by atoms with E-state index in [2.05, 4.69) is 11.8 Å². The molecule has 3 aromatic carbocycles. The number of halogens is 3. The first-order valence-electron chi connectivity index (χ1n) is 15.1. The maximum atomic E-state index is 15.1. The van der Waals surface area contributed by atoms with Gasteiger partial charge >= 0.3 is 6.18 Å². The lowest BCUT2D eigenvalue weighted by Crippen LogP contribution is -2.43. The summed E-state index contributed by atoms with van der Waals surface area (Å²) in [7, 11) is 2.00. The fourth-order valence-electron chi connectivity index (χ4n) is 5.26. The molecule has 6 nitrogen and oxygen atoms in total. The van der Waals surface area contributed by atoms with Crippen molar-refractivity contribution in [1.82, 2.24) is 0 Å². The molecule has 0 saturated heterocycles. The summed E-state index contributed by atoms with van der Waals surface area (Å²) in [6.45, 7) is 3.28. The van der Waals surface area contributed by atoms with E-state index >= 15 is 13.2 Å². The summed E-state index contributed by atoms with van der Waals surface area (Å²) in [4.78, 5) is 3.53. The van der Waals surface area contributed by atoms with E-state index in [1.807, 2.05) is 73.8 Å². The Bertz CT molecular complexity index is 2060. The van der Waals surface area contributed by atoms with Crippen LogP contribution in [0.1, 0.15) is 33.4 Å². The van der Waals surface area contributed by atoms with Gasteiger partial charge in [0, 0.05) is 51.8 Å². The molecule has 0 saturated carbocycles. The van der Waals surface area contributed by atoms with Gasteiger partial charge in [-0.1, -0.05) is 66.7 Å². The van der Waals surface area contributed by atoms with E-state index in [0.29, 0.717) is 17.2 Å². The van der Waals surface area contributed by atoms with Crippen molar-refractivity contribution in [3.8, 4) is 24.0 Å². The Kier molecular flexibility index (Phi) is 10.4. The minimum Gasteiger partial charge on any atom is -0.488 e. The summed E-state index contributed by atoms with van der Waals surface area (Å²) in [5.41, 5.74) is -2.30. The van der Waals surface area contributed by atoms with Gasteiger partial charge in [-0.15, -0.1) is 11.3 Å². The summed E-state index contributed by atoms with van der Waals surface area (Å²) in [5.74, 6) is -0.00119. The first-order valence-corrected chi connectivity index (χ1v) is 16.0. The molecule has 1 atom stereocenters. The van der Waals surface area contributed by atoms with Gasteiger partial charge in [-0.25, -0.2) is 0 Å². The van der Waals surface area contributed by atoms with Crippen LogP contribution in [0.4, 0.5) is 18.9 Å². The Morgan fingerprint density at radius 2 is 1.51 bits per heavy atom. The van der Waals surface area contributed by atoms with Crippen LogP contribution < -0.4 is 9.64 Å². The number of anilines is 1. The minimum absolute atomic E-state index is 0.295. The number of thiophene rings is 1. The van der Waals surface area contributed by atoms with Crippen molar-refractivity contribution in [3.05, 3.63) is 146 Å². The third-order valence-corrected chi connectivity index (χ3v) is 8.93. The molecule has 10 heteroatoms. The molecular weight excluding hydrogens is 646 g/mol. The zero-order chi connectivity index (χ0) is 35.0. The monoisotopic (exact) mass is 674 g/mol. The largest absolute Gasteiger partial charge is 0.488 e. The molecule has 0 fully saturated rings. The molecule has 0 spiro atoms. The van der Waals surface area contributed by atoms with Gasteiger partial charge in [-0.3, -0.25) is 0 Å². The summed E-state index contributed by atoms with van der Waals surface area (Å²) in [6.07, 6.45) is 1.40. The third kappa shape index (κ3) is 7.13. The van der Waals surface area contributed by atoms with Gasteiger partial charge in [0.2, 0.25) is 0 Å². The Balaban J connectivity index is 1.49. The average molecular weight is 675 g/mol. The quantitative estimate of drug-likeness (QED) is 0.156. The lowest BCUT2D eigenvalue weighted by molar-refractivity contribution is -0.249. The van der Waals surface area contributed by atoms with Crippen molar-refractivity contribution in [1.29, 1.82) is 15.8 Å². The van der Waals surface area contributed by atoms with Crippen molar-refractivity contribution >= 4 is 35.3 Å². The van der Waals surface area contributed by atoms with Crippen LogP contribution >= 0.6 is 11.3 Å². The Morgan fingerprint density at radius 1 is 0.878 bits per heavy atom. The zero-order valence-corrected chi connectivity index (χ0v) is 27.3. The maximum Gasteiger partial charge on any atom is 0.437 e. The molecule has 0 amide bonds. The first kappa shape index (κ1) is 34.3. The molecule has 0 bridgehead atoms. The maximum absolute atomic E-state index is 15.1. The molecule has 2 heterocycles. The van der Waals surface area contributed by atoms with Crippen LogP contribution in [0.15, 0.2) is 120 Å². The van der Waals surface area contributed by atoms with Gasteiger partial charge < -0.3 is 14.4 Å². The number of hydrogen-bond donors (Lipinski definition) is 0. The number of nitrogens with zero attached hydrogens (tertiary/aromatic N) is 4. The molecule has 49 heavy (non-hydrogen) atoms. The summed E-state index contributed by atoms with van der Waals surface area (Å²) < 4.78 is 56.9. The highest BCUT2D eigenvalue weighted by Crippen LogP contribution is 2.56. The SMILES string of the molecule is CCN(C)c1ccc(/C=C/c2ccc(/C=C/C3=C(C#N)C(=C(C#N)C#N)OC3(c3ccccc3)C(F)(F)F)s2)c(OCc2ccccc2)c1. The standard InChI is InChI=1S/C39H29F3N4O2S/c1-3-46(2)31-16-14-28(36(22-31)47-26-27-10-6-4-7-11-27)15-17-32-18-19-33(49-32)20-21-35-34(25-45)37(29(23-43)24-44)48-38(35,39(40,41)42)30-12-8-5-9-13-30/h4-22H,3,26H2,1-2H3/b17-15+,21-20+. The van der Waals surface area contributed by atoms with E-state index in [0.717, 1.165) is 28.2 Å². The lowest BCUT2D eigenvalue weighted by atomic mass is 9.84. The van der Waals surface area contributed by atoms with Crippen molar-refractivity contribution in [2.45, 2.75) is 25.3 Å². The van der Waals surface area contributed by atoms with Crippen LogP contribution in [0.3, 0.4) is 0 Å². The van der Waals surface area contributed by atoms with Crippen molar-refractivity contribution in [2.75, 3.05) is 18.5 Å². The van der Waals surface area contributed by atoms with E-state index in [9.17, 15) is 15.8 Å². The molecule has 5 rings (SSSR count). The highest BCUT2D eigenvalue weighted by Gasteiger charge is 2.65. The fourth-order valence-corrected chi connectivity index (χ4v) is 6.08. The van der Waals surface area contributed by atoms with Gasteiger partial charge in [0.1, 0.15) is 36.1 Å². The molecule has 0 radical (unpaired) electrons. The van der Waals surface area contributed by atoms with E-state index < -0.39 is 34.3 Å². The molecule has 1 aromatic heterocycles. The molecule has 1 aliphatic heterocycles. The molecule has 1 aliphatic rings. The van der Waals surface area contributed by atoms with Crippen molar-refractivity contribution in [3.63, 3.8) is 0 Å². The Labute approximate surface area is 286 Å². The van der Waals surface area contributed by atoms with Crippen LogP contribution in [-0.2, 0) is 16.9 Å². The number of allylic oxidation sites excluding steroid dienone is 2. The van der Waals surface area contributed by atoms with E-state index in [1.165, 1.54) is 47.8 Å². The summed E-state index contributed by atoms with van der Waals surface area (Å²) in [6, 6.07) is 31.1. The van der Waals surface area contributed by atoms with Crippen molar-refractivity contribution in [2.24, 2.45) is 0 Å². The molecule has 0 aliphatic carbocycles. The smallest absolute Gasteiger partial charge is 0.437 e. The minimum atomic E-state index is -5.06. The van der Waals surface area contributed by atoms with Crippen LogP contribution in [0.2, 0.25) is 0 Å². The van der Waals surface area contributed by atoms with Gasteiger partial charge in [-0.05, 0) is 55.0 Å². The zero-order valence-electron chi connectivity index (χ0n) is 26.5. The van der Waals surface area contributed by atoms with Crippen LogP contribution in [0.25, 0.3) is 18.2 Å². The van der Waals surface area contributed by atoms with Crippen LogP contribution in [0.5, 0.6) is 5.75 Å². The van der Waals surface area contributed by atoms with Gasteiger partial charge in [0.25, 0.3) is 5.60 Å². The first-order chi connectivity index (χ1) is 23.6. The third-order valence-electron chi connectivity index (χ3n) is 7.91. The predicted molar refractivity (Wildman–Crippen MR) is 185 cm³/mol. The fraction of sp³-hybridized carbons (Fsp3) is 0.154. The number of nitriles is 3. The average Bonchev–Trinajstić information content (AvgIpc) is 3.72. The predicted octanol–water partition coefficient (Wildman–Crippen LogP) is 9.58. The van der Waals surface area contributed by atoms with Gasteiger partial charge in [0.15, 0.2) is 11.3 Å². The number of hydrogen-bond acceptors (Lipinski definition) is 7. The second-order valence-corrected chi connectivity index (χ2v) is 12.0. The lowest BCUT2D eigenvalue weighted by Gasteiger charge is -2.33. The number of alkyl halides is 3. The van der Waals surface area contributed by atoms with Crippen LogP contribution in [0, 0.1) is 34.0 Å². The van der Waals surface area contributed by atoms with E-state index in [4.69, 9.17) is 9.47 Å². The molecule has 1 unspecified atom stereocenters. The molecule has 4 aromatic rings. The topological polar surface area (TPSA) is 93.1 Å². The molecular formula is C39H29F3N4O2S. The Morgan fingerprint density at radius 3 is 2.10 bits per heavy atom. The second kappa shape index (κ2) is 14.8. The molecule has 0 N–H and O–H groups in total. The van der Waals surface area contributed by atoms with Crippen LogP contribution in [-0.4, -0.2) is 19.8 Å². The van der Waals surface area contributed by atoms with Gasteiger partial charge in [-0.2, -0.15) is 29.0 Å². The number of rotatable bonds is 10. The normalized spacial score (nSPS) is 15.9. The van der Waals surface area contributed by atoms with E-state index in [1.54, 1.807) is 30.3 Å². The molecule has 244 valence electrons. The highest BCUT2D eigenvalue weighted by atomic mass is 32.1. The van der Waals surface area contributed by atoms with Gasteiger partial charge in [0.05, 0.1) is 0 Å². The van der Waals surface area contributed by atoms with Crippen molar-refractivity contribution < 1.29 is 22.6 Å². The Hall–Kier alpha value is -6.02. The second-order valence-electron chi connectivity index (χ2n) is 10.9. The number of ether oxygens (including phenoxy) is 2. The van der Waals surface area contributed by atoms with E-state index in [-0.39, 0.29) is 5.56 Å². The number of benzene rings is 3. The highest BCUT2D eigenvalue weighted by molar-refractivity contribution is 7.13.